The van der Waals surface area contributed by atoms with Crippen LogP contribution < -0.4 is 15.8 Å². The number of aromatic amines is 1. The number of para-hydroxylation sites is 1. The van der Waals surface area contributed by atoms with Gasteiger partial charge in [-0.1, -0.05) is 60.7 Å². The molecule has 0 spiro atoms. The molecule has 1 fully saturated rings. The number of sulfonamides is 1. The maximum atomic E-state index is 13.5. The fourth-order valence-corrected chi connectivity index (χ4v) is 6.43. The van der Waals surface area contributed by atoms with Crippen LogP contribution in [0.5, 0.6) is 0 Å². The summed E-state index contributed by atoms with van der Waals surface area (Å²) in [5.74, 6) is -0.244. The summed E-state index contributed by atoms with van der Waals surface area (Å²) in [5.41, 5.74) is 9.32. The van der Waals surface area contributed by atoms with Gasteiger partial charge in [-0.25, -0.2) is 8.42 Å². The Bertz CT molecular complexity index is 1580. The fraction of sp³-hybridized carbons (Fsp3) is 0.267. The van der Waals surface area contributed by atoms with Gasteiger partial charge in [0.05, 0.1) is 4.90 Å². The van der Waals surface area contributed by atoms with Gasteiger partial charge in [0.15, 0.2) is 5.96 Å². The molecule has 1 saturated heterocycles. The number of hydrogen-bond donors (Lipinski definition) is 5. The number of fused-ring (bicyclic) bond motifs is 1. The van der Waals surface area contributed by atoms with Crippen LogP contribution >= 0.6 is 0 Å². The van der Waals surface area contributed by atoms with Gasteiger partial charge in [-0.3, -0.25) is 10.2 Å². The first-order chi connectivity index (χ1) is 19.3. The summed E-state index contributed by atoms with van der Waals surface area (Å²) < 4.78 is 29.6. The molecule has 10 heteroatoms. The maximum absolute atomic E-state index is 13.5. The van der Waals surface area contributed by atoms with Crippen molar-refractivity contribution in [1.29, 1.82) is 5.41 Å². The second-order valence-corrected chi connectivity index (χ2v) is 11.9. The molecule has 0 aliphatic carbocycles. The minimum Gasteiger partial charge on any atom is -0.370 e. The number of rotatable bonds is 9. The standard InChI is InChI=1S/C30H34N6O3S/c31-30(32)36-16-6-7-21(20-36)18-34-29(37)28(17-24-19-33-27-11-5-4-10-26(24)27)35-40(38,39)25-14-12-23(13-15-25)22-8-2-1-3-9-22/h1-5,8-15,19,21,28,33,35H,6-7,16-18,20H2,(H3,31,32)(H,34,37). The third-order valence-corrected chi connectivity index (χ3v) is 8.90. The lowest BCUT2D eigenvalue weighted by Gasteiger charge is -2.33. The van der Waals surface area contributed by atoms with Crippen LogP contribution in [0.1, 0.15) is 18.4 Å². The average molecular weight is 559 g/mol. The number of nitrogens with two attached hydrogens (primary N) is 1. The molecular formula is C30H34N6O3S. The summed E-state index contributed by atoms with van der Waals surface area (Å²) in [4.78, 5) is 18.6. The van der Waals surface area contributed by atoms with Gasteiger partial charge in [0.1, 0.15) is 6.04 Å². The van der Waals surface area contributed by atoms with Crippen LogP contribution in [0.15, 0.2) is 90.0 Å². The predicted molar refractivity (Wildman–Crippen MR) is 157 cm³/mol. The molecule has 40 heavy (non-hydrogen) atoms. The molecule has 2 heterocycles. The van der Waals surface area contributed by atoms with Crippen LogP contribution in [0.25, 0.3) is 22.0 Å². The van der Waals surface area contributed by atoms with Gasteiger partial charge in [0.2, 0.25) is 15.9 Å². The minimum absolute atomic E-state index is 0.0271. The molecule has 1 amide bonds. The molecule has 4 aromatic rings. The van der Waals surface area contributed by atoms with Crippen molar-refractivity contribution in [2.45, 2.75) is 30.2 Å². The lowest BCUT2D eigenvalue weighted by molar-refractivity contribution is -0.122. The lowest BCUT2D eigenvalue weighted by Crippen LogP contribution is -2.51. The SMILES string of the molecule is N=C(N)N1CCCC(CNC(=O)C(Cc2c[nH]c3ccccc23)NS(=O)(=O)c2ccc(-c3ccccc3)cc2)C1. The molecule has 5 rings (SSSR count). The van der Waals surface area contributed by atoms with Crippen molar-refractivity contribution in [2.75, 3.05) is 19.6 Å². The van der Waals surface area contributed by atoms with Gasteiger partial charge in [-0.15, -0.1) is 0 Å². The van der Waals surface area contributed by atoms with E-state index in [9.17, 15) is 13.2 Å². The highest BCUT2D eigenvalue weighted by Gasteiger charge is 2.28. The molecule has 0 saturated carbocycles. The highest BCUT2D eigenvalue weighted by atomic mass is 32.2. The van der Waals surface area contributed by atoms with Gasteiger partial charge in [0, 0.05) is 36.7 Å². The summed E-state index contributed by atoms with van der Waals surface area (Å²) >= 11 is 0. The molecule has 9 nitrogen and oxygen atoms in total. The minimum atomic E-state index is -4.00. The number of aromatic nitrogens is 1. The van der Waals surface area contributed by atoms with Crippen LogP contribution in [-0.4, -0.2) is 55.8 Å². The molecule has 0 radical (unpaired) electrons. The lowest BCUT2D eigenvalue weighted by atomic mass is 9.98. The molecule has 6 N–H and O–H groups in total. The molecule has 2 atom stereocenters. The first-order valence-electron chi connectivity index (χ1n) is 13.4. The Balaban J connectivity index is 1.34. The molecule has 3 aromatic carbocycles. The average Bonchev–Trinajstić information content (AvgIpc) is 3.39. The number of nitrogens with zero attached hydrogens (tertiary/aromatic N) is 1. The molecule has 1 aliphatic heterocycles. The van der Waals surface area contributed by atoms with E-state index in [1.54, 1.807) is 29.2 Å². The Morgan fingerprint density at radius 3 is 2.48 bits per heavy atom. The first-order valence-corrected chi connectivity index (χ1v) is 14.9. The van der Waals surface area contributed by atoms with E-state index in [-0.39, 0.29) is 23.2 Å². The van der Waals surface area contributed by atoms with E-state index in [2.05, 4.69) is 15.0 Å². The van der Waals surface area contributed by atoms with Gasteiger partial charge in [-0.05, 0) is 60.1 Å². The zero-order valence-electron chi connectivity index (χ0n) is 22.1. The van der Waals surface area contributed by atoms with Gasteiger partial charge >= 0.3 is 0 Å². The summed E-state index contributed by atoms with van der Waals surface area (Å²) in [7, 11) is -4.00. The fourth-order valence-electron chi connectivity index (χ4n) is 5.24. The second kappa shape index (κ2) is 11.9. The highest BCUT2D eigenvalue weighted by Crippen LogP contribution is 2.23. The van der Waals surface area contributed by atoms with Crippen molar-refractivity contribution in [2.24, 2.45) is 11.7 Å². The molecule has 1 aliphatic rings. The number of benzene rings is 3. The van der Waals surface area contributed by atoms with Crippen LogP contribution in [0.3, 0.4) is 0 Å². The van der Waals surface area contributed by atoms with E-state index >= 15 is 0 Å². The number of carbonyl (C=O) groups is 1. The van der Waals surface area contributed by atoms with E-state index in [1.807, 2.05) is 60.8 Å². The highest BCUT2D eigenvalue weighted by molar-refractivity contribution is 7.89. The van der Waals surface area contributed by atoms with Crippen LogP contribution in [0.4, 0.5) is 0 Å². The summed E-state index contributed by atoms with van der Waals surface area (Å²) in [6.45, 7) is 1.69. The van der Waals surface area contributed by atoms with E-state index in [1.165, 1.54) is 0 Å². The smallest absolute Gasteiger partial charge is 0.241 e. The molecule has 1 aromatic heterocycles. The largest absolute Gasteiger partial charge is 0.370 e. The van der Waals surface area contributed by atoms with Crippen LogP contribution in [0, 0.1) is 11.3 Å². The Labute approximate surface area is 234 Å². The Kier molecular flexibility index (Phi) is 8.18. The van der Waals surface area contributed by atoms with E-state index in [0.29, 0.717) is 13.1 Å². The quantitative estimate of drug-likeness (QED) is 0.158. The van der Waals surface area contributed by atoms with Gasteiger partial charge in [-0.2, -0.15) is 4.72 Å². The van der Waals surface area contributed by atoms with Gasteiger partial charge < -0.3 is 20.9 Å². The molecule has 208 valence electrons. The number of nitrogens with one attached hydrogen (secondary N) is 4. The van der Waals surface area contributed by atoms with Crippen molar-refractivity contribution in [3.8, 4) is 11.1 Å². The summed E-state index contributed by atoms with van der Waals surface area (Å²) in [6.07, 6.45) is 3.78. The number of guanidine groups is 1. The first kappa shape index (κ1) is 27.4. The number of H-pyrrole nitrogens is 1. The second-order valence-electron chi connectivity index (χ2n) is 10.2. The molecule has 2 unspecified atom stereocenters. The van der Waals surface area contributed by atoms with E-state index < -0.39 is 22.0 Å². The van der Waals surface area contributed by atoms with Crippen molar-refractivity contribution < 1.29 is 13.2 Å². The normalized spacial score (nSPS) is 16.5. The third-order valence-electron chi connectivity index (χ3n) is 7.41. The molecular weight excluding hydrogens is 524 g/mol. The summed E-state index contributed by atoms with van der Waals surface area (Å²) in [6, 6.07) is 23.1. The Hall–Kier alpha value is -4.15. The van der Waals surface area contributed by atoms with Gasteiger partial charge in [0.25, 0.3) is 0 Å². The number of amides is 1. The van der Waals surface area contributed by atoms with E-state index in [0.717, 1.165) is 47.0 Å². The van der Waals surface area contributed by atoms with Crippen molar-refractivity contribution in [1.82, 2.24) is 19.9 Å². The van der Waals surface area contributed by atoms with Crippen LogP contribution in [-0.2, 0) is 21.2 Å². The zero-order valence-corrected chi connectivity index (χ0v) is 23.0. The molecule has 0 bridgehead atoms. The number of piperidine rings is 1. The topological polar surface area (TPSA) is 144 Å². The Morgan fingerprint density at radius 2 is 1.73 bits per heavy atom. The monoisotopic (exact) mass is 558 g/mol. The maximum Gasteiger partial charge on any atom is 0.241 e. The zero-order chi connectivity index (χ0) is 28.1. The number of hydrogen-bond acceptors (Lipinski definition) is 4. The van der Waals surface area contributed by atoms with Crippen LogP contribution in [0.2, 0.25) is 0 Å². The van der Waals surface area contributed by atoms with E-state index in [4.69, 9.17) is 11.1 Å². The third kappa shape index (κ3) is 6.35. The predicted octanol–water partition coefficient (Wildman–Crippen LogP) is 3.45. The Morgan fingerprint density at radius 1 is 1.02 bits per heavy atom. The van der Waals surface area contributed by atoms with Crippen molar-refractivity contribution in [3.05, 3.63) is 90.6 Å². The number of likely N-dealkylation sites (tertiary alicyclic amines) is 1. The van der Waals surface area contributed by atoms with Crippen molar-refractivity contribution in [3.63, 3.8) is 0 Å². The number of carbonyl (C=O) groups excluding carboxylic acids is 1. The van der Waals surface area contributed by atoms with Crippen molar-refractivity contribution >= 4 is 32.8 Å². The summed E-state index contributed by atoms with van der Waals surface area (Å²) in [5, 5.41) is 11.6.